The summed E-state index contributed by atoms with van der Waals surface area (Å²) in [6, 6.07) is 8.39. The van der Waals surface area contributed by atoms with Gasteiger partial charge >= 0.3 is 0 Å². The van der Waals surface area contributed by atoms with E-state index in [1.807, 2.05) is 19.2 Å². The number of nitrogens with zero attached hydrogens (tertiary/aromatic N) is 1. The maximum Gasteiger partial charge on any atom is 0.228 e. The molecule has 1 aromatic rings. The second kappa shape index (κ2) is 4.09. The Kier molecular flexibility index (Phi) is 2.67. The van der Waals surface area contributed by atoms with E-state index in [2.05, 4.69) is 24.4 Å². The maximum atomic E-state index is 12.0. The Morgan fingerprint density at radius 2 is 2.11 bits per heavy atom. The van der Waals surface area contributed by atoms with Crippen LogP contribution >= 0.6 is 0 Å². The zero-order valence-electron chi connectivity index (χ0n) is 11.1. The number of nitrogens with one attached hydrogen (secondary N) is 1. The molecule has 0 bridgehead atoms. The highest BCUT2D eigenvalue weighted by Crippen LogP contribution is 2.45. The summed E-state index contributed by atoms with van der Waals surface area (Å²) in [6.45, 7) is 3.33. The summed E-state index contributed by atoms with van der Waals surface area (Å²) in [6.07, 6.45) is 3.19. The highest BCUT2D eigenvalue weighted by atomic mass is 16.2. The van der Waals surface area contributed by atoms with Gasteiger partial charge in [0, 0.05) is 31.7 Å². The molecule has 3 heteroatoms. The number of hydrogen-bond acceptors (Lipinski definition) is 2. The number of amides is 1. The molecule has 3 nitrogen and oxygen atoms in total. The molecule has 96 valence electrons. The topological polar surface area (TPSA) is 32.3 Å². The Labute approximate surface area is 108 Å². The Bertz CT molecular complexity index is 479. The van der Waals surface area contributed by atoms with Gasteiger partial charge in [-0.2, -0.15) is 0 Å². The monoisotopic (exact) mass is 244 g/mol. The number of carbonyl (C=O) groups excluding carboxylic acids is 1. The first-order valence-corrected chi connectivity index (χ1v) is 6.68. The lowest BCUT2D eigenvalue weighted by Crippen LogP contribution is -2.39. The zero-order chi connectivity index (χ0) is 12.8. The fourth-order valence-electron chi connectivity index (χ4n) is 2.59. The number of fused-ring (bicyclic) bond motifs is 1. The number of rotatable bonds is 3. The largest absolute Gasteiger partial charge is 0.315 e. The van der Waals surface area contributed by atoms with Crippen molar-refractivity contribution >= 4 is 11.6 Å². The molecule has 18 heavy (non-hydrogen) atoms. The molecule has 1 atom stereocenters. The molecule has 3 rings (SSSR count). The standard InChI is InChI=1S/C15H20N2O/c1-15(7-8-15)10-16-12-9-14(18)17(2)13-6-4-3-5-11(12)13/h3-6,12,16H,7-10H2,1-2H3. The predicted octanol–water partition coefficient (Wildman–Crippen LogP) is 2.48. The molecule has 1 aliphatic carbocycles. The van der Waals surface area contributed by atoms with Crippen LogP contribution in [-0.2, 0) is 4.79 Å². The van der Waals surface area contributed by atoms with Gasteiger partial charge in [-0.3, -0.25) is 4.79 Å². The second-order valence-corrected chi connectivity index (χ2v) is 5.96. The molecule has 0 aromatic heterocycles. The van der Waals surface area contributed by atoms with Crippen molar-refractivity contribution in [2.24, 2.45) is 5.41 Å². The average molecular weight is 244 g/mol. The van der Waals surface area contributed by atoms with Crippen molar-refractivity contribution in [2.45, 2.75) is 32.2 Å². The van der Waals surface area contributed by atoms with Crippen LogP contribution in [0.1, 0.15) is 37.8 Å². The number of benzene rings is 1. The summed E-state index contributed by atoms with van der Waals surface area (Å²) in [5, 5.41) is 3.58. The van der Waals surface area contributed by atoms with E-state index in [-0.39, 0.29) is 11.9 Å². The minimum absolute atomic E-state index is 0.183. The fourth-order valence-corrected chi connectivity index (χ4v) is 2.59. The van der Waals surface area contributed by atoms with Crippen molar-refractivity contribution in [3.8, 4) is 0 Å². The molecule has 1 saturated carbocycles. The highest BCUT2D eigenvalue weighted by molar-refractivity contribution is 5.96. The van der Waals surface area contributed by atoms with Gasteiger partial charge in [0.2, 0.25) is 5.91 Å². The van der Waals surface area contributed by atoms with Gasteiger partial charge < -0.3 is 10.2 Å². The quantitative estimate of drug-likeness (QED) is 0.886. The molecule has 1 fully saturated rings. The maximum absolute atomic E-state index is 12.0. The highest BCUT2D eigenvalue weighted by Gasteiger charge is 2.38. The van der Waals surface area contributed by atoms with Gasteiger partial charge in [0.25, 0.3) is 0 Å². The summed E-state index contributed by atoms with van der Waals surface area (Å²) in [5.41, 5.74) is 2.78. The molecule has 0 radical (unpaired) electrons. The number of carbonyl (C=O) groups is 1. The van der Waals surface area contributed by atoms with E-state index >= 15 is 0 Å². The molecule has 1 aromatic carbocycles. The first kappa shape index (κ1) is 11.7. The lowest BCUT2D eigenvalue weighted by atomic mass is 9.95. The van der Waals surface area contributed by atoms with E-state index in [0.717, 1.165) is 12.2 Å². The third-order valence-electron chi connectivity index (χ3n) is 4.31. The Hall–Kier alpha value is -1.35. The van der Waals surface area contributed by atoms with Crippen LogP contribution in [0.15, 0.2) is 24.3 Å². The molecule has 1 aliphatic heterocycles. The molecule has 1 unspecified atom stereocenters. The molecule has 1 N–H and O–H groups in total. The predicted molar refractivity (Wildman–Crippen MR) is 72.6 cm³/mol. The van der Waals surface area contributed by atoms with Crippen molar-refractivity contribution in [1.82, 2.24) is 5.32 Å². The number of hydrogen-bond donors (Lipinski definition) is 1. The van der Waals surface area contributed by atoms with Crippen LogP contribution in [0.4, 0.5) is 5.69 Å². The summed E-state index contributed by atoms with van der Waals surface area (Å²) in [4.78, 5) is 13.8. The lowest BCUT2D eigenvalue weighted by Gasteiger charge is -2.32. The third-order valence-corrected chi connectivity index (χ3v) is 4.31. The summed E-state index contributed by atoms with van der Waals surface area (Å²) >= 11 is 0. The Balaban J connectivity index is 1.82. The molecular weight excluding hydrogens is 224 g/mol. The minimum atomic E-state index is 0.183. The van der Waals surface area contributed by atoms with Gasteiger partial charge in [0.05, 0.1) is 0 Å². The summed E-state index contributed by atoms with van der Waals surface area (Å²) < 4.78 is 0. The van der Waals surface area contributed by atoms with E-state index in [0.29, 0.717) is 11.8 Å². The van der Waals surface area contributed by atoms with Crippen LogP contribution in [0.25, 0.3) is 0 Å². The van der Waals surface area contributed by atoms with Crippen molar-refractivity contribution in [3.63, 3.8) is 0 Å². The SMILES string of the molecule is CN1C(=O)CC(NCC2(C)CC2)c2ccccc21. The molecule has 0 saturated heterocycles. The van der Waals surface area contributed by atoms with Gasteiger partial charge in [-0.15, -0.1) is 0 Å². The van der Waals surface area contributed by atoms with E-state index in [1.165, 1.54) is 18.4 Å². The van der Waals surface area contributed by atoms with Gasteiger partial charge in [-0.1, -0.05) is 25.1 Å². The fraction of sp³-hybridized carbons (Fsp3) is 0.533. The summed E-state index contributed by atoms with van der Waals surface area (Å²) in [7, 11) is 1.86. The normalized spacial score (nSPS) is 24.9. The zero-order valence-corrected chi connectivity index (χ0v) is 11.1. The van der Waals surface area contributed by atoms with Crippen molar-refractivity contribution in [3.05, 3.63) is 29.8 Å². The smallest absolute Gasteiger partial charge is 0.228 e. The van der Waals surface area contributed by atoms with Gasteiger partial charge in [0.15, 0.2) is 0 Å². The molecule has 0 spiro atoms. The van der Waals surface area contributed by atoms with E-state index in [1.54, 1.807) is 4.90 Å². The third kappa shape index (κ3) is 2.03. The number of para-hydroxylation sites is 1. The first-order chi connectivity index (χ1) is 8.59. The molecule has 1 heterocycles. The number of anilines is 1. The van der Waals surface area contributed by atoms with Crippen LogP contribution in [0.3, 0.4) is 0 Å². The van der Waals surface area contributed by atoms with Crippen LogP contribution in [-0.4, -0.2) is 19.5 Å². The first-order valence-electron chi connectivity index (χ1n) is 6.68. The van der Waals surface area contributed by atoms with Crippen LogP contribution < -0.4 is 10.2 Å². The van der Waals surface area contributed by atoms with Crippen LogP contribution in [0.2, 0.25) is 0 Å². The average Bonchev–Trinajstić information content (AvgIpc) is 3.11. The lowest BCUT2D eigenvalue weighted by molar-refractivity contribution is -0.119. The van der Waals surface area contributed by atoms with Gasteiger partial charge in [0.1, 0.15) is 0 Å². The molecule has 1 amide bonds. The summed E-state index contributed by atoms with van der Waals surface area (Å²) in [5.74, 6) is 0.201. The van der Waals surface area contributed by atoms with Crippen LogP contribution in [0, 0.1) is 5.41 Å². The van der Waals surface area contributed by atoms with Crippen molar-refractivity contribution in [1.29, 1.82) is 0 Å². The van der Waals surface area contributed by atoms with Crippen molar-refractivity contribution in [2.75, 3.05) is 18.5 Å². The molecular formula is C15H20N2O. The van der Waals surface area contributed by atoms with Gasteiger partial charge in [-0.05, 0) is 29.9 Å². The van der Waals surface area contributed by atoms with E-state index in [9.17, 15) is 4.79 Å². The van der Waals surface area contributed by atoms with Crippen LogP contribution in [0.5, 0.6) is 0 Å². The Morgan fingerprint density at radius 3 is 2.83 bits per heavy atom. The Morgan fingerprint density at radius 1 is 1.39 bits per heavy atom. The van der Waals surface area contributed by atoms with E-state index in [4.69, 9.17) is 0 Å². The van der Waals surface area contributed by atoms with E-state index < -0.39 is 0 Å². The minimum Gasteiger partial charge on any atom is -0.315 e. The second-order valence-electron chi connectivity index (χ2n) is 5.96. The molecule has 2 aliphatic rings. The van der Waals surface area contributed by atoms with Gasteiger partial charge in [-0.25, -0.2) is 0 Å². The van der Waals surface area contributed by atoms with Crippen molar-refractivity contribution < 1.29 is 4.79 Å².